The molecule has 7 nitrogen and oxygen atoms in total. The molecule has 92 valence electrons. The number of imidazole rings is 1. The Bertz CT molecular complexity index is 677. The quantitative estimate of drug-likeness (QED) is 0.764. The lowest BCUT2D eigenvalue weighted by Crippen LogP contribution is -2.08. The Morgan fingerprint density at radius 3 is 3.11 bits per heavy atom. The molecule has 0 atom stereocenters. The van der Waals surface area contributed by atoms with E-state index in [1.165, 1.54) is 0 Å². The van der Waals surface area contributed by atoms with Gasteiger partial charge in [0.1, 0.15) is 10.4 Å². The Morgan fingerprint density at radius 2 is 2.33 bits per heavy atom. The van der Waals surface area contributed by atoms with Gasteiger partial charge in [-0.25, -0.2) is 9.50 Å². The van der Waals surface area contributed by atoms with Gasteiger partial charge in [-0.05, 0) is 28.1 Å². The zero-order valence-corrected chi connectivity index (χ0v) is 10.8. The van der Waals surface area contributed by atoms with E-state index < -0.39 is 0 Å². The number of hydrogen-bond donors (Lipinski definition) is 2. The predicted octanol–water partition coefficient (Wildman–Crippen LogP) is 1.67. The van der Waals surface area contributed by atoms with Crippen LogP contribution in [0.25, 0.3) is 5.65 Å². The van der Waals surface area contributed by atoms with Crippen molar-refractivity contribution >= 4 is 33.3 Å². The number of aromatic nitrogens is 4. The maximum Gasteiger partial charge on any atom is 0.243 e. The summed E-state index contributed by atoms with van der Waals surface area (Å²) in [6.45, 7) is 0.494. The van der Waals surface area contributed by atoms with E-state index in [2.05, 4.69) is 36.3 Å². The van der Waals surface area contributed by atoms with E-state index in [9.17, 15) is 0 Å². The van der Waals surface area contributed by atoms with Crippen molar-refractivity contribution in [3.8, 4) is 0 Å². The van der Waals surface area contributed by atoms with Crippen LogP contribution in [0.5, 0.6) is 0 Å². The second-order valence-corrected chi connectivity index (χ2v) is 4.40. The molecule has 3 heterocycles. The van der Waals surface area contributed by atoms with Gasteiger partial charge in [-0.1, -0.05) is 0 Å². The second-order valence-electron chi connectivity index (χ2n) is 3.59. The van der Waals surface area contributed by atoms with Crippen LogP contribution < -0.4 is 11.1 Å². The summed E-state index contributed by atoms with van der Waals surface area (Å²) in [5, 5.41) is 7.27. The van der Waals surface area contributed by atoms with Gasteiger partial charge in [0.2, 0.25) is 5.95 Å². The van der Waals surface area contributed by atoms with Crippen LogP contribution in [0, 0.1) is 0 Å². The molecule has 8 heteroatoms. The number of rotatable bonds is 3. The highest BCUT2D eigenvalue weighted by Gasteiger charge is 2.08. The molecule has 0 aromatic carbocycles. The van der Waals surface area contributed by atoms with E-state index in [4.69, 9.17) is 10.2 Å². The number of nitrogens with two attached hydrogens (primary N) is 1. The Balaban J connectivity index is 1.88. The average molecular weight is 309 g/mol. The van der Waals surface area contributed by atoms with Gasteiger partial charge in [0.05, 0.1) is 19.0 Å². The highest BCUT2D eigenvalue weighted by atomic mass is 79.9. The van der Waals surface area contributed by atoms with E-state index in [1.54, 1.807) is 17.0 Å². The Labute approximate surface area is 110 Å². The summed E-state index contributed by atoms with van der Waals surface area (Å²) in [5.74, 6) is 1.53. The van der Waals surface area contributed by atoms with E-state index in [1.807, 2.05) is 12.1 Å². The molecule has 3 aromatic heterocycles. The molecule has 0 aliphatic rings. The third-order valence-electron chi connectivity index (χ3n) is 2.32. The first-order valence-electron chi connectivity index (χ1n) is 5.17. The number of nitrogen functional groups attached to an aromatic ring is 1. The van der Waals surface area contributed by atoms with Gasteiger partial charge in [-0.2, -0.15) is 4.98 Å². The van der Waals surface area contributed by atoms with Crippen LogP contribution in [0.2, 0.25) is 0 Å². The Kier molecular flexibility index (Phi) is 2.63. The molecule has 0 aliphatic heterocycles. The monoisotopic (exact) mass is 308 g/mol. The zero-order chi connectivity index (χ0) is 12.5. The Morgan fingerprint density at radius 1 is 1.44 bits per heavy atom. The second kappa shape index (κ2) is 4.30. The summed E-state index contributed by atoms with van der Waals surface area (Å²) in [6.07, 6.45) is 3.33. The van der Waals surface area contributed by atoms with E-state index in [-0.39, 0.29) is 0 Å². The van der Waals surface area contributed by atoms with Crippen LogP contribution in [0.3, 0.4) is 0 Å². The van der Waals surface area contributed by atoms with Crippen molar-refractivity contribution in [3.05, 3.63) is 35.0 Å². The van der Waals surface area contributed by atoms with E-state index in [0.717, 1.165) is 5.76 Å². The first-order valence-corrected chi connectivity index (χ1v) is 5.96. The molecule has 0 aliphatic carbocycles. The molecule has 3 rings (SSSR count). The van der Waals surface area contributed by atoms with Crippen LogP contribution in [0.15, 0.2) is 33.6 Å². The summed E-state index contributed by atoms with van der Waals surface area (Å²) in [5.41, 5.74) is 6.32. The van der Waals surface area contributed by atoms with Gasteiger partial charge in [-0.3, -0.25) is 0 Å². The van der Waals surface area contributed by atoms with E-state index >= 15 is 0 Å². The molecule has 0 bridgehead atoms. The van der Waals surface area contributed by atoms with Crippen molar-refractivity contribution in [2.75, 3.05) is 11.1 Å². The number of halogens is 1. The third-order valence-corrected chi connectivity index (χ3v) is 2.70. The van der Waals surface area contributed by atoms with Gasteiger partial charge in [-0.15, -0.1) is 5.10 Å². The number of fused-ring (bicyclic) bond motifs is 1. The predicted molar refractivity (Wildman–Crippen MR) is 68.9 cm³/mol. The molecule has 18 heavy (non-hydrogen) atoms. The number of furan rings is 1. The molecule has 0 spiro atoms. The Hall–Kier alpha value is -2.09. The maximum absolute atomic E-state index is 5.80. The first kappa shape index (κ1) is 11.0. The standard InChI is InChI=1S/C10H9BrN6O/c11-7-5-17-9(14-7)8(12)15-10(16-17)13-4-6-2-1-3-18-6/h1-3,5H,4H2,(H3,12,13,15,16). The zero-order valence-electron chi connectivity index (χ0n) is 9.17. The average Bonchev–Trinajstić information content (AvgIpc) is 2.94. The highest BCUT2D eigenvalue weighted by molar-refractivity contribution is 9.10. The molecular formula is C10H9BrN6O. The van der Waals surface area contributed by atoms with E-state index in [0.29, 0.717) is 28.6 Å². The number of nitrogens with one attached hydrogen (secondary N) is 1. The fraction of sp³-hybridized carbons (Fsp3) is 0.100. The smallest absolute Gasteiger partial charge is 0.243 e. The minimum absolute atomic E-state index is 0.317. The highest BCUT2D eigenvalue weighted by Crippen LogP contribution is 2.15. The maximum atomic E-state index is 5.80. The van der Waals surface area contributed by atoms with Gasteiger partial charge in [0.15, 0.2) is 11.5 Å². The van der Waals surface area contributed by atoms with Crippen LogP contribution in [-0.4, -0.2) is 19.6 Å². The molecule has 0 saturated carbocycles. The minimum Gasteiger partial charge on any atom is -0.467 e. The topological polar surface area (TPSA) is 94.3 Å². The molecule has 0 unspecified atom stereocenters. The molecular weight excluding hydrogens is 300 g/mol. The third kappa shape index (κ3) is 2.02. The molecule has 0 amide bonds. The lowest BCUT2D eigenvalue weighted by Gasteiger charge is -2.04. The molecule has 3 N–H and O–H groups in total. The van der Waals surface area contributed by atoms with Gasteiger partial charge in [0.25, 0.3) is 0 Å². The number of hydrogen-bond acceptors (Lipinski definition) is 6. The van der Waals surface area contributed by atoms with Gasteiger partial charge in [0, 0.05) is 0 Å². The first-order chi connectivity index (χ1) is 8.72. The van der Waals surface area contributed by atoms with Crippen molar-refractivity contribution < 1.29 is 4.42 Å². The normalized spacial score (nSPS) is 10.9. The van der Waals surface area contributed by atoms with Crippen molar-refractivity contribution in [2.24, 2.45) is 0 Å². The number of anilines is 2. The van der Waals surface area contributed by atoms with Gasteiger partial charge >= 0.3 is 0 Å². The largest absolute Gasteiger partial charge is 0.467 e. The molecule has 0 radical (unpaired) electrons. The lowest BCUT2D eigenvalue weighted by molar-refractivity contribution is 0.517. The van der Waals surface area contributed by atoms with Crippen molar-refractivity contribution in [1.82, 2.24) is 19.6 Å². The van der Waals surface area contributed by atoms with Crippen LogP contribution in [0.1, 0.15) is 5.76 Å². The summed E-state index contributed by atoms with van der Waals surface area (Å²) in [4.78, 5) is 8.27. The fourth-order valence-electron chi connectivity index (χ4n) is 1.54. The van der Waals surface area contributed by atoms with Crippen molar-refractivity contribution in [2.45, 2.75) is 6.54 Å². The minimum atomic E-state index is 0.317. The molecule has 0 fully saturated rings. The lowest BCUT2D eigenvalue weighted by atomic mass is 10.4. The fourth-order valence-corrected chi connectivity index (χ4v) is 1.90. The summed E-state index contributed by atoms with van der Waals surface area (Å²) >= 11 is 3.26. The summed E-state index contributed by atoms with van der Waals surface area (Å²) in [7, 11) is 0. The SMILES string of the molecule is Nc1nc(NCc2ccco2)nn2cc(Br)nc12. The molecule has 0 saturated heterocycles. The van der Waals surface area contributed by atoms with Crippen LogP contribution in [-0.2, 0) is 6.54 Å². The van der Waals surface area contributed by atoms with Crippen LogP contribution in [0.4, 0.5) is 11.8 Å². The summed E-state index contributed by atoms with van der Waals surface area (Å²) in [6, 6.07) is 3.69. The molecule has 3 aromatic rings. The van der Waals surface area contributed by atoms with Gasteiger partial charge < -0.3 is 15.5 Å². The summed E-state index contributed by atoms with van der Waals surface area (Å²) < 4.78 is 7.43. The van der Waals surface area contributed by atoms with Crippen LogP contribution >= 0.6 is 15.9 Å². The van der Waals surface area contributed by atoms with Crippen molar-refractivity contribution in [3.63, 3.8) is 0 Å². The van der Waals surface area contributed by atoms with Crippen molar-refractivity contribution in [1.29, 1.82) is 0 Å². The number of nitrogens with zero attached hydrogens (tertiary/aromatic N) is 4.